The molecule has 2 aromatic carbocycles. The van der Waals surface area contributed by atoms with Crippen molar-refractivity contribution in [3.8, 4) is 11.4 Å². The highest BCUT2D eigenvalue weighted by atomic mass is 35.5. The first-order valence-electron chi connectivity index (χ1n) is 11.5. The third-order valence-corrected chi connectivity index (χ3v) is 7.74. The van der Waals surface area contributed by atoms with Gasteiger partial charge in [0.1, 0.15) is 16.5 Å². The van der Waals surface area contributed by atoms with E-state index < -0.39 is 20.7 Å². The molecule has 0 bridgehead atoms. The number of sulfonamides is 1. The number of nitrogens with one attached hydrogen (secondary N) is 3. The molecule has 0 atom stereocenters. The maximum Gasteiger partial charge on any atom is 0.264 e. The van der Waals surface area contributed by atoms with Crippen molar-refractivity contribution in [3.05, 3.63) is 59.0 Å². The lowest BCUT2D eigenvalue weighted by Crippen LogP contribution is -2.27. The highest BCUT2D eigenvalue weighted by Gasteiger charge is 2.25. The molecule has 1 aliphatic carbocycles. The SMILES string of the molecule is Cc1n[nH]c2nc(-c3ccc(NS(=O)(=O)c4cc(Cl)ccc4F)cc3)nc(NCCN(C)C3CC3)c12. The zero-order valence-electron chi connectivity index (χ0n) is 19.7. The monoisotopic (exact) mass is 529 g/mol. The summed E-state index contributed by atoms with van der Waals surface area (Å²) in [5, 5.41) is 11.6. The van der Waals surface area contributed by atoms with Gasteiger partial charge in [-0.05, 0) is 69.3 Å². The average molecular weight is 530 g/mol. The number of benzene rings is 2. The molecule has 2 aromatic heterocycles. The Bertz CT molecular complexity index is 1520. The molecule has 0 radical (unpaired) electrons. The van der Waals surface area contributed by atoms with Crippen LogP contribution in [0.3, 0.4) is 0 Å². The molecular formula is C24H25ClFN7O2S. The molecule has 0 unspecified atom stereocenters. The summed E-state index contributed by atoms with van der Waals surface area (Å²) < 4.78 is 41.8. The Morgan fingerprint density at radius 3 is 2.64 bits per heavy atom. The highest BCUT2D eigenvalue weighted by Crippen LogP contribution is 2.28. The number of aryl methyl sites for hydroxylation is 1. The largest absolute Gasteiger partial charge is 0.368 e. The van der Waals surface area contributed by atoms with Crippen LogP contribution in [0.25, 0.3) is 22.4 Å². The standard InChI is InChI=1S/C24H25ClFN7O2S/c1-14-21-23(27-11-12-33(2)18-8-9-18)28-22(29-24(21)31-30-14)15-3-6-17(7-4-15)32-36(34,35)20-13-16(25)5-10-19(20)26/h3-7,10,13,18,32H,8-9,11-12H2,1-2H3,(H2,27,28,29,30,31). The predicted octanol–water partition coefficient (Wildman–Crippen LogP) is 4.43. The second-order valence-corrected chi connectivity index (χ2v) is 10.9. The lowest BCUT2D eigenvalue weighted by atomic mass is 10.2. The van der Waals surface area contributed by atoms with E-state index in [2.05, 4.69) is 37.2 Å². The van der Waals surface area contributed by atoms with E-state index in [9.17, 15) is 12.8 Å². The number of nitrogens with zero attached hydrogens (tertiary/aromatic N) is 4. The molecule has 5 rings (SSSR count). The maximum absolute atomic E-state index is 14.1. The van der Waals surface area contributed by atoms with E-state index in [1.165, 1.54) is 18.9 Å². The van der Waals surface area contributed by atoms with E-state index in [1.54, 1.807) is 24.3 Å². The first-order valence-corrected chi connectivity index (χ1v) is 13.3. The summed E-state index contributed by atoms with van der Waals surface area (Å²) in [6, 6.07) is 10.6. The maximum atomic E-state index is 14.1. The minimum absolute atomic E-state index is 0.123. The molecule has 0 aliphatic heterocycles. The van der Waals surface area contributed by atoms with E-state index in [4.69, 9.17) is 16.6 Å². The van der Waals surface area contributed by atoms with E-state index in [-0.39, 0.29) is 10.7 Å². The van der Waals surface area contributed by atoms with E-state index >= 15 is 0 Å². The fourth-order valence-corrected chi connectivity index (χ4v) is 5.36. The van der Waals surface area contributed by atoms with E-state index in [1.807, 2.05) is 6.92 Å². The fourth-order valence-electron chi connectivity index (χ4n) is 3.96. The summed E-state index contributed by atoms with van der Waals surface area (Å²) in [7, 11) is -2.04. The number of H-pyrrole nitrogens is 1. The van der Waals surface area contributed by atoms with Crippen LogP contribution in [-0.4, -0.2) is 59.7 Å². The number of hydrogen-bond donors (Lipinski definition) is 3. The van der Waals surface area contributed by atoms with Gasteiger partial charge in [0.05, 0.1) is 11.1 Å². The van der Waals surface area contributed by atoms with Crippen LogP contribution in [0, 0.1) is 12.7 Å². The van der Waals surface area contributed by atoms with Crippen LogP contribution in [0.4, 0.5) is 15.9 Å². The van der Waals surface area contributed by atoms with Gasteiger partial charge in [0.25, 0.3) is 10.0 Å². The molecule has 12 heteroatoms. The Morgan fingerprint density at radius 2 is 1.92 bits per heavy atom. The van der Waals surface area contributed by atoms with Gasteiger partial charge in [-0.1, -0.05) is 11.6 Å². The van der Waals surface area contributed by atoms with Crippen LogP contribution in [0.2, 0.25) is 5.02 Å². The normalized spacial score (nSPS) is 13.9. The number of aromatic nitrogens is 4. The van der Waals surface area contributed by atoms with Gasteiger partial charge >= 0.3 is 0 Å². The highest BCUT2D eigenvalue weighted by molar-refractivity contribution is 7.92. The van der Waals surface area contributed by atoms with Crippen LogP contribution in [0.1, 0.15) is 18.5 Å². The van der Waals surface area contributed by atoms with Gasteiger partial charge in [-0.2, -0.15) is 5.10 Å². The second-order valence-electron chi connectivity index (χ2n) is 8.82. The Labute approximate surface area is 213 Å². The van der Waals surface area contributed by atoms with Gasteiger partial charge in [-0.3, -0.25) is 9.82 Å². The number of rotatable bonds is 9. The van der Waals surface area contributed by atoms with Crippen molar-refractivity contribution in [2.45, 2.75) is 30.7 Å². The Balaban J connectivity index is 1.37. The van der Waals surface area contributed by atoms with Crippen LogP contribution < -0.4 is 10.0 Å². The summed E-state index contributed by atoms with van der Waals surface area (Å²) >= 11 is 5.85. The topological polar surface area (TPSA) is 116 Å². The summed E-state index contributed by atoms with van der Waals surface area (Å²) in [5.74, 6) is 0.259. The molecule has 36 heavy (non-hydrogen) atoms. The van der Waals surface area contributed by atoms with Crippen molar-refractivity contribution in [2.75, 3.05) is 30.2 Å². The summed E-state index contributed by atoms with van der Waals surface area (Å²) in [4.78, 5) is 11.1. The van der Waals surface area contributed by atoms with Gasteiger partial charge in [0.15, 0.2) is 11.5 Å². The van der Waals surface area contributed by atoms with Crippen molar-refractivity contribution >= 4 is 44.2 Å². The van der Waals surface area contributed by atoms with Crippen molar-refractivity contribution in [3.63, 3.8) is 0 Å². The summed E-state index contributed by atoms with van der Waals surface area (Å²) in [6.07, 6.45) is 2.50. The fraction of sp³-hybridized carbons (Fsp3) is 0.292. The number of likely N-dealkylation sites (N-methyl/N-ethyl adjacent to an activating group) is 1. The number of hydrogen-bond acceptors (Lipinski definition) is 7. The third kappa shape index (κ3) is 5.13. The Hall–Kier alpha value is -3.28. The first kappa shape index (κ1) is 24.4. The van der Waals surface area contributed by atoms with Gasteiger partial charge in [0, 0.05) is 35.4 Å². The van der Waals surface area contributed by atoms with Gasteiger partial charge < -0.3 is 10.2 Å². The van der Waals surface area contributed by atoms with Gasteiger partial charge in [0.2, 0.25) is 0 Å². The molecule has 3 N–H and O–H groups in total. The molecule has 2 heterocycles. The lowest BCUT2D eigenvalue weighted by molar-refractivity contribution is 0.337. The molecule has 0 saturated heterocycles. The van der Waals surface area contributed by atoms with E-state index in [0.717, 1.165) is 36.3 Å². The number of aromatic amines is 1. The zero-order valence-corrected chi connectivity index (χ0v) is 21.3. The van der Waals surface area contributed by atoms with Crippen molar-refractivity contribution in [2.24, 2.45) is 0 Å². The second kappa shape index (κ2) is 9.64. The molecule has 0 spiro atoms. The van der Waals surface area contributed by atoms with Gasteiger partial charge in [-0.15, -0.1) is 0 Å². The number of fused-ring (bicyclic) bond motifs is 1. The average Bonchev–Trinajstić information content (AvgIpc) is 3.63. The van der Waals surface area contributed by atoms with Crippen LogP contribution in [0.5, 0.6) is 0 Å². The molecular weight excluding hydrogens is 505 g/mol. The van der Waals surface area contributed by atoms with Crippen molar-refractivity contribution < 1.29 is 12.8 Å². The lowest BCUT2D eigenvalue weighted by Gasteiger charge is -2.16. The minimum atomic E-state index is -4.16. The molecule has 1 aliphatic rings. The van der Waals surface area contributed by atoms with Crippen LogP contribution >= 0.6 is 11.6 Å². The predicted molar refractivity (Wildman–Crippen MR) is 138 cm³/mol. The van der Waals surface area contributed by atoms with Gasteiger partial charge in [-0.25, -0.2) is 22.8 Å². The minimum Gasteiger partial charge on any atom is -0.368 e. The first-order chi connectivity index (χ1) is 17.2. The van der Waals surface area contributed by atoms with Crippen molar-refractivity contribution in [1.29, 1.82) is 0 Å². The van der Waals surface area contributed by atoms with Crippen LogP contribution in [0.15, 0.2) is 47.4 Å². The molecule has 1 fully saturated rings. The number of anilines is 2. The zero-order chi connectivity index (χ0) is 25.4. The Morgan fingerprint density at radius 1 is 1.17 bits per heavy atom. The number of halogens is 2. The van der Waals surface area contributed by atoms with E-state index in [0.29, 0.717) is 28.9 Å². The Kier molecular flexibility index (Phi) is 6.54. The summed E-state index contributed by atoms with van der Waals surface area (Å²) in [5.41, 5.74) is 2.35. The molecule has 188 valence electrons. The molecule has 9 nitrogen and oxygen atoms in total. The smallest absolute Gasteiger partial charge is 0.264 e. The molecule has 1 saturated carbocycles. The molecule has 4 aromatic rings. The summed E-state index contributed by atoms with van der Waals surface area (Å²) in [6.45, 7) is 3.52. The quantitative estimate of drug-likeness (QED) is 0.294. The van der Waals surface area contributed by atoms with Crippen molar-refractivity contribution in [1.82, 2.24) is 25.1 Å². The van der Waals surface area contributed by atoms with Crippen LogP contribution in [-0.2, 0) is 10.0 Å². The third-order valence-electron chi connectivity index (χ3n) is 6.11. The molecule has 0 amide bonds.